The van der Waals surface area contributed by atoms with E-state index in [2.05, 4.69) is 6.58 Å². The van der Waals surface area contributed by atoms with E-state index < -0.39 is 18.2 Å². The van der Waals surface area contributed by atoms with Crippen LogP contribution in [0.1, 0.15) is 12.8 Å². The van der Waals surface area contributed by atoms with E-state index in [9.17, 15) is 9.59 Å². The van der Waals surface area contributed by atoms with Crippen molar-refractivity contribution in [1.29, 1.82) is 0 Å². The molecule has 0 aromatic heterocycles. The number of carboxylic acids is 1. The van der Waals surface area contributed by atoms with Crippen LogP contribution in [-0.4, -0.2) is 58.9 Å². The Labute approximate surface area is 99.5 Å². The predicted molar refractivity (Wildman–Crippen MR) is 59.4 cm³/mol. The van der Waals surface area contributed by atoms with Crippen molar-refractivity contribution in [3.05, 3.63) is 12.7 Å². The number of aliphatic hydroxyl groups excluding tert-OH is 1. The maximum absolute atomic E-state index is 11.9. The molecule has 1 fully saturated rings. The molecule has 0 aromatic carbocycles. The van der Waals surface area contributed by atoms with Crippen molar-refractivity contribution in [3.8, 4) is 0 Å². The summed E-state index contributed by atoms with van der Waals surface area (Å²) in [6.07, 6.45) is 0.671. The summed E-state index contributed by atoms with van der Waals surface area (Å²) in [5.74, 6) is -1.33. The normalized spacial score (nSPS) is 23.4. The van der Waals surface area contributed by atoms with E-state index in [0.29, 0.717) is 19.4 Å². The average Bonchev–Trinajstić information content (AvgIpc) is 2.77. The Morgan fingerprint density at radius 1 is 1.41 bits per heavy atom. The molecule has 1 rings (SSSR count). The van der Waals surface area contributed by atoms with Gasteiger partial charge < -0.3 is 19.8 Å². The monoisotopic (exact) mass is 243 g/mol. The number of carbonyl (C=O) groups excluding carboxylic acids is 1. The van der Waals surface area contributed by atoms with Gasteiger partial charge in [0.2, 0.25) is 0 Å². The minimum Gasteiger partial charge on any atom is -0.479 e. The number of amides is 1. The van der Waals surface area contributed by atoms with Gasteiger partial charge in [0, 0.05) is 13.1 Å². The standard InChI is InChI=1S/C11H17NO5/c1-2-5-12(6-7-13)10(14)8-3-4-9(17-8)11(15)16/h2,8-9,13H,1,3-7H2,(H,15,16)/t8-,9+/m0/s1. The van der Waals surface area contributed by atoms with E-state index in [4.69, 9.17) is 14.9 Å². The molecule has 0 saturated carbocycles. The lowest BCUT2D eigenvalue weighted by Crippen LogP contribution is -2.41. The molecule has 2 atom stereocenters. The number of carboxylic acid groups (broad SMARTS) is 1. The third-order valence-electron chi connectivity index (χ3n) is 2.60. The van der Waals surface area contributed by atoms with Crippen LogP contribution in [0.3, 0.4) is 0 Å². The van der Waals surface area contributed by atoms with Crippen LogP contribution >= 0.6 is 0 Å². The molecule has 1 amide bonds. The Morgan fingerprint density at radius 3 is 2.53 bits per heavy atom. The van der Waals surface area contributed by atoms with Crippen molar-refractivity contribution in [3.63, 3.8) is 0 Å². The van der Waals surface area contributed by atoms with Gasteiger partial charge in [-0.05, 0) is 12.8 Å². The molecule has 0 aliphatic carbocycles. The zero-order valence-corrected chi connectivity index (χ0v) is 9.54. The van der Waals surface area contributed by atoms with Crippen molar-refractivity contribution >= 4 is 11.9 Å². The topological polar surface area (TPSA) is 87.1 Å². The molecular weight excluding hydrogens is 226 g/mol. The molecule has 17 heavy (non-hydrogen) atoms. The first-order chi connectivity index (χ1) is 8.10. The largest absolute Gasteiger partial charge is 0.479 e. The van der Waals surface area contributed by atoms with Gasteiger partial charge in [0.1, 0.15) is 6.10 Å². The van der Waals surface area contributed by atoms with Gasteiger partial charge in [0.15, 0.2) is 6.10 Å². The lowest BCUT2D eigenvalue weighted by atomic mass is 10.2. The molecular formula is C11H17NO5. The highest BCUT2D eigenvalue weighted by Gasteiger charge is 2.36. The molecule has 0 bridgehead atoms. The van der Waals surface area contributed by atoms with E-state index in [0.717, 1.165) is 0 Å². The second-order valence-corrected chi connectivity index (χ2v) is 3.83. The summed E-state index contributed by atoms with van der Waals surface area (Å²) in [5, 5.41) is 17.6. The molecule has 6 heteroatoms. The molecule has 1 saturated heterocycles. The van der Waals surface area contributed by atoms with Gasteiger partial charge in [0.25, 0.3) is 5.91 Å². The first-order valence-electron chi connectivity index (χ1n) is 5.49. The van der Waals surface area contributed by atoms with Crippen LogP contribution in [0.2, 0.25) is 0 Å². The predicted octanol–water partition coefficient (Wildman–Crippen LogP) is -0.375. The summed E-state index contributed by atoms with van der Waals surface area (Å²) in [5.41, 5.74) is 0. The van der Waals surface area contributed by atoms with Crippen molar-refractivity contribution in [2.24, 2.45) is 0 Å². The Kier molecular flexibility index (Phi) is 5.11. The summed E-state index contributed by atoms with van der Waals surface area (Å²) in [6.45, 7) is 3.89. The SMILES string of the molecule is C=CCN(CCO)C(=O)[C@@H]1CC[C@H](C(=O)O)O1. The molecule has 0 unspecified atom stereocenters. The summed E-state index contributed by atoms with van der Waals surface area (Å²) in [6, 6.07) is 0. The summed E-state index contributed by atoms with van der Waals surface area (Å²) >= 11 is 0. The van der Waals surface area contributed by atoms with Crippen molar-refractivity contribution < 1.29 is 24.5 Å². The number of hydrogen-bond acceptors (Lipinski definition) is 4. The number of hydrogen-bond donors (Lipinski definition) is 2. The third kappa shape index (κ3) is 3.54. The molecule has 0 aromatic rings. The van der Waals surface area contributed by atoms with Crippen LogP contribution in [0, 0.1) is 0 Å². The first kappa shape index (κ1) is 13.7. The highest BCUT2D eigenvalue weighted by molar-refractivity contribution is 5.82. The third-order valence-corrected chi connectivity index (χ3v) is 2.60. The number of carbonyl (C=O) groups is 2. The van der Waals surface area contributed by atoms with Crippen molar-refractivity contribution in [2.45, 2.75) is 25.0 Å². The van der Waals surface area contributed by atoms with E-state index in [1.54, 1.807) is 6.08 Å². The van der Waals surface area contributed by atoms with E-state index in [1.807, 2.05) is 0 Å². The number of aliphatic hydroxyl groups is 1. The van der Waals surface area contributed by atoms with E-state index in [-0.39, 0.29) is 19.1 Å². The summed E-state index contributed by atoms with van der Waals surface area (Å²) < 4.78 is 5.15. The van der Waals surface area contributed by atoms with Gasteiger partial charge in [-0.1, -0.05) is 6.08 Å². The van der Waals surface area contributed by atoms with Crippen LogP contribution < -0.4 is 0 Å². The molecule has 1 aliphatic rings. The van der Waals surface area contributed by atoms with Gasteiger partial charge in [-0.3, -0.25) is 4.79 Å². The Balaban J connectivity index is 2.56. The van der Waals surface area contributed by atoms with E-state index in [1.165, 1.54) is 4.90 Å². The number of rotatable bonds is 6. The minimum atomic E-state index is -1.04. The fraction of sp³-hybridized carbons (Fsp3) is 0.636. The lowest BCUT2D eigenvalue weighted by Gasteiger charge is -2.23. The second-order valence-electron chi connectivity index (χ2n) is 3.83. The summed E-state index contributed by atoms with van der Waals surface area (Å²) in [7, 11) is 0. The maximum atomic E-state index is 11.9. The van der Waals surface area contributed by atoms with Gasteiger partial charge in [-0.2, -0.15) is 0 Å². The molecule has 2 N–H and O–H groups in total. The number of aliphatic carboxylic acids is 1. The highest BCUT2D eigenvalue weighted by Crippen LogP contribution is 2.21. The van der Waals surface area contributed by atoms with Crippen molar-refractivity contribution in [1.82, 2.24) is 4.90 Å². The lowest BCUT2D eigenvalue weighted by molar-refractivity contribution is -0.154. The van der Waals surface area contributed by atoms with Gasteiger partial charge >= 0.3 is 5.97 Å². The number of ether oxygens (including phenoxy) is 1. The minimum absolute atomic E-state index is 0.144. The smallest absolute Gasteiger partial charge is 0.332 e. The molecule has 0 radical (unpaired) electrons. The molecule has 1 aliphatic heterocycles. The Bertz CT molecular complexity index is 304. The molecule has 1 heterocycles. The van der Waals surface area contributed by atoms with Crippen LogP contribution in [-0.2, 0) is 14.3 Å². The zero-order chi connectivity index (χ0) is 12.8. The average molecular weight is 243 g/mol. The van der Waals surface area contributed by atoms with Crippen LogP contribution in [0.15, 0.2) is 12.7 Å². The molecule has 96 valence electrons. The van der Waals surface area contributed by atoms with E-state index >= 15 is 0 Å². The second kappa shape index (κ2) is 6.36. The Morgan fingerprint density at radius 2 is 2.06 bits per heavy atom. The van der Waals surface area contributed by atoms with Gasteiger partial charge in [0.05, 0.1) is 6.61 Å². The molecule has 6 nitrogen and oxygen atoms in total. The van der Waals surface area contributed by atoms with Gasteiger partial charge in [-0.25, -0.2) is 4.79 Å². The number of nitrogens with zero attached hydrogens (tertiary/aromatic N) is 1. The van der Waals surface area contributed by atoms with Gasteiger partial charge in [-0.15, -0.1) is 6.58 Å². The maximum Gasteiger partial charge on any atom is 0.332 e. The zero-order valence-electron chi connectivity index (χ0n) is 9.54. The summed E-state index contributed by atoms with van der Waals surface area (Å²) in [4.78, 5) is 24.0. The van der Waals surface area contributed by atoms with Crippen molar-refractivity contribution in [2.75, 3.05) is 19.7 Å². The van der Waals surface area contributed by atoms with Crippen LogP contribution in [0.5, 0.6) is 0 Å². The molecule has 0 spiro atoms. The highest BCUT2D eigenvalue weighted by atomic mass is 16.5. The van der Waals surface area contributed by atoms with Crippen LogP contribution in [0.25, 0.3) is 0 Å². The quantitative estimate of drug-likeness (QED) is 0.621. The fourth-order valence-electron chi connectivity index (χ4n) is 1.77. The van der Waals surface area contributed by atoms with Crippen LogP contribution in [0.4, 0.5) is 0 Å². The first-order valence-corrected chi connectivity index (χ1v) is 5.49. The fourth-order valence-corrected chi connectivity index (χ4v) is 1.77. The Hall–Kier alpha value is -1.40.